The van der Waals surface area contributed by atoms with E-state index in [1.54, 1.807) is 31.3 Å². The first kappa shape index (κ1) is 15.2. The summed E-state index contributed by atoms with van der Waals surface area (Å²) in [5, 5.41) is 4.86. The Morgan fingerprint density at radius 1 is 1.30 bits per heavy atom. The second-order valence-electron chi connectivity index (χ2n) is 4.90. The van der Waals surface area contributed by atoms with E-state index in [2.05, 4.69) is 5.10 Å². The number of amides is 1. The molecule has 0 aliphatic carbocycles. The van der Waals surface area contributed by atoms with Crippen LogP contribution in [-0.4, -0.2) is 29.1 Å². The molecule has 0 unspecified atom stereocenters. The van der Waals surface area contributed by atoms with Crippen molar-refractivity contribution < 1.29 is 14.0 Å². The van der Waals surface area contributed by atoms with Crippen molar-refractivity contribution in [1.29, 1.82) is 0 Å². The third kappa shape index (κ3) is 2.57. The summed E-state index contributed by atoms with van der Waals surface area (Å²) in [6, 6.07) is 10.5. The van der Waals surface area contributed by atoms with Gasteiger partial charge in [-0.25, -0.2) is 4.39 Å². The molecule has 23 heavy (non-hydrogen) atoms. The van der Waals surface area contributed by atoms with Crippen molar-refractivity contribution in [3.05, 3.63) is 58.9 Å². The summed E-state index contributed by atoms with van der Waals surface area (Å²) < 4.78 is 14.3. The van der Waals surface area contributed by atoms with E-state index >= 15 is 0 Å². The van der Waals surface area contributed by atoms with Crippen LogP contribution in [0.5, 0.6) is 0 Å². The summed E-state index contributed by atoms with van der Waals surface area (Å²) in [6.07, 6.45) is 0.606. The Kier molecular flexibility index (Phi) is 3.83. The maximum absolute atomic E-state index is 13.2. The number of nitrogens with zero attached hydrogens (tertiary/aromatic N) is 3. The van der Waals surface area contributed by atoms with E-state index < -0.39 is 11.7 Å². The second kappa shape index (κ2) is 5.81. The van der Waals surface area contributed by atoms with Crippen LogP contribution in [-0.2, 0) is 4.79 Å². The van der Waals surface area contributed by atoms with Gasteiger partial charge in [0.2, 0.25) is 6.41 Å². The molecule has 0 saturated heterocycles. The first-order valence-corrected chi connectivity index (χ1v) is 7.06. The van der Waals surface area contributed by atoms with Crippen LogP contribution in [0.1, 0.15) is 10.4 Å². The van der Waals surface area contributed by atoms with Gasteiger partial charge in [-0.1, -0.05) is 23.7 Å². The quantitative estimate of drug-likeness (QED) is 0.693. The van der Waals surface area contributed by atoms with Gasteiger partial charge in [0, 0.05) is 12.4 Å². The molecule has 1 amide bonds. The number of anilines is 1. The average molecular weight is 332 g/mol. The Morgan fingerprint density at radius 3 is 2.74 bits per heavy atom. The van der Waals surface area contributed by atoms with Gasteiger partial charge >= 0.3 is 0 Å². The van der Waals surface area contributed by atoms with Gasteiger partial charge in [-0.3, -0.25) is 9.59 Å². The molecule has 7 heteroatoms. The summed E-state index contributed by atoms with van der Waals surface area (Å²) in [5.41, 5.74) is 0.656. The molecule has 0 aliphatic heterocycles. The summed E-state index contributed by atoms with van der Waals surface area (Å²) >= 11 is 5.95. The number of carbonyl (C=O) groups is 2. The van der Waals surface area contributed by atoms with E-state index in [0.29, 0.717) is 23.1 Å². The number of hydrogen-bond donors (Lipinski definition) is 0. The Balaban J connectivity index is 2.20. The Hall–Kier alpha value is -2.73. The number of hydrogen-bond acceptors (Lipinski definition) is 3. The van der Waals surface area contributed by atoms with Crippen LogP contribution < -0.4 is 4.90 Å². The molecular weight excluding hydrogens is 321 g/mol. The molecule has 5 nitrogen and oxygen atoms in total. The molecule has 0 N–H and O–H groups in total. The van der Waals surface area contributed by atoms with E-state index in [4.69, 9.17) is 11.6 Å². The number of aromatic nitrogens is 2. The summed E-state index contributed by atoms with van der Waals surface area (Å²) in [7, 11) is 1.54. The lowest BCUT2D eigenvalue weighted by atomic mass is 10.2. The van der Waals surface area contributed by atoms with Gasteiger partial charge in [0.25, 0.3) is 5.91 Å². The third-order valence-corrected chi connectivity index (χ3v) is 3.73. The number of carbonyl (C=O) groups excluding carboxylic acids is 2. The van der Waals surface area contributed by atoms with Crippen molar-refractivity contribution in [1.82, 2.24) is 9.78 Å². The SMILES string of the molecule is CN(C=O)c1nn(C(=O)c2ccc(F)cc2Cl)c2ccccc12. The van der Waals surface area contributed by atoms with Crippen molar-refractivity contribution >= 4 is 40.6 Å². The Bertz CT molecular complexity index is 923. The molecule has 2 aromatic carbocycles. The molecule has 0 aliphatic rings. The highest BCUT2D eigenvalue weighted by atomic mass is 35.5. The minimum Gasteiger partial charge on any atom is -0.301 e. The Morgan fingerprint density at radius 2 is 2.04 bits per heavy atom. The number of para-hydroxylation sites is 1. The fourth-order valence-electron chi connectivity index (χ4n) is 2.29. The lowest BCUT2D eigenvalue weighted by molar-refractivity contribution is -0.107. The van der Waals surface area contributed by atoms with Gasteiger partial charge in [0.1, 0.15) is 5.82 Å². The monoisotopic (exact) mass is 331 g/mol. The number of benzene rings is 2. The van der Waals surface area contributed by atoms with E-state index in [-0.39, 0.29) is 10.6 Å². The van der Waals surface area contributed by atoms with Crippen molar-refractivity contribution in [2.45, 2.75) is 0 Å². The van der Waals surface area contributed by atoms with E-state index in [0.717, 1.165) is 16.8 Å². The van der Waals surface area contributed by atoms with Gasteiger partial charge in [-0.05, 0) is 30.3 Å². The maximum Gasteiger partial charge on any atom is 0.280 e. The van der Waals surface area contributed by atoms with Crippen molar-refractivity contribution in [3.63, 3.8) is 0 Å². The smallest absolute Gasteiger partial charge is 0.280 e. The second-order valence-corrected chi connectivity index (χ2v) is 5.31. The van der Waals surface area contributed by atoms with Crippen molar-refractivity contribution in [2.75, 3.05) is 11.9 Å². The number of rotatable bonds is 3. The molecule has 0 fully saturated rings. The molecule has 1 heterocycles. The zero-order valence-corrected chi connectivity index (χ0v) is 12.8. The zero-order valence-electron chi connectivity index (χ0n) is 12.0. The molecule has 0 radical (unpaired) electrons. The normalized spacial score (nSPS) is 10.7. The standard InChI is InChI=1S/C16H11ClFN3O2/c1-20(9-22)15-12-4-2-3-5-14(12)21(19-15)16(23)11-7-6-10(18)8-13(11)17/h2-9H,1H3. The van der Waals surface area contributed by atoms with Gasteiger partial charge in [0.05, 0.1) is 16.1 Å². The molecule has 1 aromatic heterocycles. The summed E-state index contributed by atoms with van der Waals surface area (Å²) in [6.45, 7) is 0. The predicted octanol–water partition coefficient (Wildman–Crippen LogP) is 3.11. The van der Waals surface area contributed by atoms with Crippen LogP contribution in [0.2, 0.25) is 5.02 Å². The zero-order chi connectivity index (χ0) is 16.6. The van der Waals surface area contributed by atoms with Crippen LogP contribution in [0.15, 0.2) is 42.5 Å². The van der Waals surface area contributed by atoms with E-state index in [9.17, 15) is 14.0 Å². The minimum absolute atomic E-state index is 0.000118. The first-order chi connectivity index (χ1) is 11.0. The molecule has 0 saturated carbocycles. The van der Waals surface area contributed by atoms with E-state index in [1.807, 2.05) is 0 Å². The molecule has 0 spiro atoms. The topological polar surface area (TPSA) is 55.2 Å². The maximum atomic E-state index is 13.2. The lowest BCUT2D eigenvalue weighted by Crippen LogP contribution is -2.17. The highest BCUT2D eigenvalue weighted by molar-refractivity contribution is 6.34. The number of halogens is 2. The van der Waals surface area contributed by atoms with Crippen LogP contribution in [0.3, 0.4) is 0 Å². The number of fused-ring (bicyclic) bond motifs is 1. The average Bonchev–Trinajstić information content (AvgIpc) is 2.93. The van der Waals surface area contributed by atoms with Crippen LogP contribution in [0.4, 0.5) is 10.2 Å². The largest absolute Gasteiger partial charge is 0.301 e. The lowest BCUT2D eigenvalue weighted by Gasteiger charge is -2.06. The fourth-order valence-corrected chi connectivity index (χ4v) is 2.54. The Labute approximate surface area is 135 Å². The highest BCUT2D eigenvalue weighted by Crippen LogP contribution is 2.26. The van der Waals surface area contributed by atoms with Crippen LogP contribution in [0.25, 0.3) is 10.9 Å². The van der Waals surface area contributed by atoms with Crippen molar-refractivity contribution in [2.24, 2.45) is 0 Å². The summed E-state index contributed by atoms with van der Waals surface area (Å²) in [4.78, 5) is 25.0. The summed E-state index contributed by atoms with van der Waals surface area (Å²) in [5.74, 6) is -0.683. The first-order valence-electron chi connectivity index (χ1n) is 6.68. The highest BCUT2D eigenvalue weighted by Gasteiger charge is 2.20. The van der Waals surface area contributed by atoms with Gasteiger partial charge in [0.15, 0.2) is 5.82 Å². The molecule has 0 atom stereocenters. The molecular formula is C16H11ClFN3O2. The minimum atomic E-state index is -0.529. The van der Waals surface area contributed by atoms with Gasteiger partial charge < -0.3 is 4.90 Å². The van der Waals surface area contributed by atoms with Gasteiger partial charge in [-0.2, -0.15) is 4.68 Å². The molecule has 116 valence electrons. The molecule has 3 rings (SSSR count). The third-order valence-electron chi connectivity index (χ3n) is 3.41. The fraction of sp³-hybridized carbons (Fsp3) is 0.0625. The molecule has 0 bridgehead atoms. The van der Waals surface area contributed by atoms with Crippen LogP contribution in [0, 0.1) is 5.82 Å². The molecule has 3 aromatic rings. The van der Waals surface area contributed by atoms with Crippen LogP contribution >= 0.6 is 11.6 Å². The van der Waals surface area contributed by atoms with E-state index in [1.165, 1.54) is 11.0 Å². The predicted molar refractivity (Wildman–Crippen MR) is 85.3 cm³/mol. The van der Waals surface area contributed by atoms with Crippen molar-refractivity contribution in [3.8, 4) is 0 Å². The van der Waals surface area contributed by atoms with Gasteiger partial charge in [-0.15, -0.1) is 5.10 Å².